The number of hydrogen-bond donors (Lipinski definition) is 1. The first-order valence-corrected chi connectivity index (χ1v) is 10.8. The minimum atomic E-state index is -0.447. The number of halogens is 1. The summed E-state index contributed by atoms with van der Waals surface area (Å²) in [5, 5.41) is 15.2. The van der Waals surface area contributed by atoms with Crippen LogP contribution in [-0.4, -0.2) is 38.7 Å². The van der Waals surface area contributed by atoms with Crippen LogP contribution < -0.4 is 4.74 Å². The number of carbonyl (C=O) groups is 1. The van der Waals surface area contributed by atoms with Gasteiger partial charge in [-0.15, -0.1) is 5.10 Å². The van der Waals surface area contributed by atoms with E-state index in [9.17, 15) is 4.79 Å². The van der Waals surface area contributed by atoms with E-state index in [-0.39, 0.29) is 11.4 Å². The summed E-state index contributed by atoms with van der Waals surface area (Å²) in [6.07, 6.45) is 1.63. The lowest BCUT2D eigenvalue weighted by atomic mass is 10.1. The predicted octanol–water partition coefficient (Wildman–Crippen LogP) is 4.73. The Labute approximate surface area is 181 Å². The molecule has 0 unspecified atom stereocenters. The van der Waals surface area contributed by atoms with Crippen molar-refractivity contribution < 1.29 is 9.53 Å². The van der Waals surface area contributed by atoms with Crippen LogP contribution in [0.5, 0.6) is 5.75 Å². The van der Waals surface area contributed by atoms with Gasteiger partial charge in [-0.2, -0.15) is 10.0 Å². The number of carbonyl (C=O) groups excluding carboxylic acids is 1. The Morgan fingerprint density at radius 3 is 2.69 bits per heavy atom. The molecule has 0 saturated carbocycles. The summed E-state index contributed by atoms with van der Waals surface area (Å²) < 4.78 is 6.40. The molecule has 0 aliphatic carbocycles. The molecule has 0 atom stereocenters. The number of aliphatic imine (C=N–C) groups is 1. The molecule has 9 heteroatoms. The number of benzene rings is 2. The van der Waals surface area contributed by atoms with Crippen molar-refractivity contribution in [1.82, 2.24) is 5.01 Å². The van der Waals surface area contributed by atoms with E-state index in [1.807, 2.05) is 30.3 Å². The maximum absolute atomic E-state index is 12.4. The molecule has 146 valence electrons. The first kappa shape index (κ1) is 19.8. The zero-order chi connectivity index (χ0) is 20.2. The fourth-order valence-electron chi connectivity index (χ4n) is 2.56. The van der Waals surface area contributed by atoms with Crippen LogP contribution in [0, 0.1) is 5.41 Å². The van der Waals surface area contributed by atoms with Crippen molar-refractivity contribution in [3.8, 4) is 5.75 Å². The fraction of sp³-hybridized carbons (Fsp3) is 0.100. The Balaban J connectivity index is 1.40. The summed E-state index contributed by atoms with van der Waals surface area (Å²) in [6, 6.07) is 16.6. The zero-order valence-electron chi connectivity index (χ0n) is 15.0. The lowest BCUT2D eigenvalue weighted by Crippen LogP contribution is -2.35. The molecular formula is C20H15ClN4O2S2. The highest BCUT2D eigenvalue weighted by Crippen LogP contribution is 2.32. The Morgan fingerprint density at radius 1 is 1.17 bits per heavy atom. The topological polar surface area (TPSA) is 78.1 Å². The lowest BCUT2D eigenvalue weighted by Gasteiger charge is -2.20. The molecule has 0 aromatic heterocycles. The number of rotatable bonds is 5. The van der Waals surface area contributed by atoms with Crippen molar-refractivity contribution in [2.24, 2.45) is 10.1 Å². The van der Waals surface area contributed by atoms with Crippen LogP contribution in [-0.2, 0) is 4.79 Å². The van der Waals surface area contributed by atoms with E-state index in [2.05, 4.69) is 10.1 Å². The van der Waals surface area contributed by atoms with E-state index in [0.717, 1.165) is 15.7 Å². The fourth-order valence-corrected chi connectivity index (χ4v) is 4.51. The number of ether oxygens (including phenoxy) is 1. The van der Waals surface area contributed by atoms with E-state index in [4.69, 9.17) is 21.7 Å². The molecule has 0 radical (unpaired) electrons. The summed E-state index contributed by atoms with van der Waals surface area (Å²) in [4.78, 5) is 16.5. The van der Waals surface area contributed by atoms with Crippen molar-refractivity contribution in [2.75, 3.05) is 12.4 Å². The number of hydrazone groups is 1. The van der Waals surface area contributed by atoms with E-state index in [1.54, 1.807) is 30.3 Å². The average molecular weight is 443 g/mol. The van der Waals surface area contributed by atoms with Gasteiger partial charge in [-0.1, -0.05) is 53.7 Å². The second-order valence-corrected chi connectivity index (χ2v) is 8.68. The lowest BCUT2D eigenvalue weighted by molar-refractivity contribution is -0.114. The van der Waals surface area contributed by atoms with Crippen molar-refractivity contribution in [2.45, 2.75) is 0 Å². The third kappa shape index (κ3) is 4.72. The molecule has 0 spiro atoms. The van der Waals surface area contributed by atoms with Gasteiger partial charge in [-0.25, -0.2) is 0 Å². The Kier molecular flexibility index (Phi) is 6.03. The van der Waals surface area contributed by atoms with Crippen LogP contribution in [0.3, 0.4) is 0 Å². The van der Waals surface area contributed by atoms with Crippen LogP contribution in [0.25, 0.3) is 6.08 Å². The molecule has 2 aromatic rings. The largest absolute Gasteiger partial charge is 0.493 e. The Morgan fingerprint density at radius 2 is 1.93 bits per heavy atom. The zero-order valence-corrected chi connectivity index (χ0v) is 17.4. The minimum absolute atomic E-state index is 0.0126. The summed E-state index contributed by atoms with van der Waals surface area (Å²) in [5.41, 5.74) is 0.962. The SMILES string of the molecule is N=C1/C(=C/c2ccc(Cl)cc2)C(=O)N=C2SC(SCCOc3ccccc3)=NN12. The second kappa shape index (κ2) is 8.86. The normalized spacial score (nSPS) is 17.3. The number of thioether (sulfide) groups is 2. The highest BCUT2D eigenvalue weighted by atomic mass is 35.5. The van der Waals surface area contributed by atoms with E-state index >= 15 is 0 Å². The summed E-state index contributed by atoms with van der Waals surface area (Å²) in [5.74, 6) is 1.08. The summed E-state index contributed by atoms with van der Waals surface area (Å²) >= 11 is 8.68. The second-order valence-electron chi connectivity index (χ2n) is 5.95. The maximum Gasteiger partial charge on any atom is 0.283 e. The highest BCUT2D eigenvalue weighted by Gasteiger charge is 2.35. The molecule has 2 aromatic carbocycles. The maximum atomic E-state index is 12.4. The van der Waals surface area contributed by atoms with Crippen molar-refractivity contribution in [1.29, 1.82) is 5.41 Å². The third-order valence-corrected chi connectivity index (χ3v) is 6.20. The molecule has 2 heterocycles. The van der Waals surface area contributed by atoms with Crippen LogP contribution in [0.15, 0.2) is 70.3 Å². The quantitative estimate of drug-likeness (QED) is 0.535. The van der Waals surface area contributed by atoms with Gasteiger partial charge in [0.1, 0.15) is 5.75 Å². The number of nitrogens with zero attached hydrogens (tertiary/aromatic N) is 3. The van der Waals surface area contributed by atoms with Gasteiger partial charge in [-0.05, 0) is 47.7 Å². The molecule has 0 saturated heterocycles. The molecule has 0 bridgehead atoms. The Bertz CT molecular complexity index is 1040. The molecule has 2 aliphatic rings. The minimum Gasteiger partial charge on any atom is -0.493 e. The van der Waals surface area contributed by atoms with E-state index < -0.39 is 5.91 Å². The van der Waals surface area contributed by atoms with Crippen molar-refractivity contribution >= 4 is 62.5 Å². The number of amidine groups is 2. The first-order valence-electron chi connectivity index (χ1n) is 8.66. The van der Waals surface area contributed by atoms with Gasteiger partial charge < -0.3 is 4.74 Å². The Hall–Kier alpha value is -2.55. The average Bonchev–Trinajstić information content (AvgIpc) is 3.13. The van der Waals surface area contributed by atoms with Crippen LogP contribution >= 0.6 is 35.1 Å². The molecule has 4 rings (SSSR count). The van der Waals surface area contributed by atoms with Crippen molar-refractivity contribution in [3.63, 3.8) is 0 Å². The van der Waals surface area contributed by atoms with Gasteiger partial charge in [0.05, 0.1) is 12.2 Å². The van der Waals surface area contributed by atoms with Gasteiger partial charge in [0, 0.05) is 10.8 Å². The van der Waals surface area contributed by atoms with Gasteiger partial charge >= 0.3 is 0 Å². The van der Waals surface area contributed by atoms with Crippen LogP contribution in [0.1, 0.15) is 5.56 Å². The molecule has 0 fully saturated rings. The molecule has 6 nitrogen and oxygen atoms in total. The summed E-state index contributed by atoms with van der Waals surface area (Å²) in [7, 11) is 0. The number of nitrogens with one attached hydrogen (secondary N) is 1. The monoisotopic (exact) mass is 442 g/mol. The number of amides is 1. The molecular weight excluding hydrogens is 428 g/mol. The van der Waals surface area contributed by atoms with Crippen LogP contribution in [0.4, 0.5) is 0 Å². The van der Waals surface area contributed by atoms with Gasteiger partial charge in [0.15, 0.2) is 10.2 Å². The molecule has 1 amide bonds. The molecule has 2 aliphatic heterocycles. The molecule has 1 N–H and O–H groups in total. The summed E-state index contributed by atoms with van der Waals surface area (Å²) in [6.45, 7) is 0.527. The van der Waals surface area contributed by atoms with E-state index in [1.165, 1.54) is 28.5 Å². The van der Waals surface area contributed by atoms with Crippen LogP contribution in [0.2, 0.25) is 5.02 Å². The van der Waals surface area contributed by atoms with E-state index in [0.29, 0.717) is 22.6 Å². The predicted molar refractivity (Wildman–Crippen MR) is 121 cm³/mol. The number of fused-ring (bicyclic) bond motifs is 1. The van der Waals surface area contributed by atoms with Gasteiger partial charge in [0.25, 0.3) is 5.91 Å². The van der Waals surface area contributed by atoms with Crippen molar-refractivity contribution in [3.05, 3.63) is 70.8 Å². The van der Waals surface area contributed by atoms with Gasteiger partial charge in [-0.3, -0.25) is 10.2 Å². The smallest absolute Gasteiger partial charge is 0.283 e. The number of para-hydroxylation sites is 1. The molecule has 29 heavy (non-hydrogen) atoms. The standard InChI is InChI=1S/C20H15ClN4O2S2/c21-14-8-6-13(7-9-14)12-16-17(22)25-19(23-18(16)26)29-20(24-25)28-11-10-27-15-4-2-1-3-5-15/h1-9,12,22H,10-11H2/b16-12-,22-17?. The van der Waals surface area contributed by atoms with Gasteiger partial charge in [0.2, 0.25) is 5.17 Å². The third-order valence-electron chi connectivity index (χ3n) is 3.94. The first-order chi connectivity index (χ1) is 14.1. The highest BCUT2D eigenvalue weighted by molar-refractivity contribution is 8.45. The number of hydrogen-bond acceptors (Lipinski definition) is 6.